The van der Waals surface area contributed by atoms with Gasteiger partial charge in [-0.2, -0.15) is 0 Å². The van der Waals surface area contributed by atoms with Crippen molar-refractivity contribution in [1.82, 2.24) is 10.2 Å². The van der Waals surface area contributed by atoms with Gasteiger partial charge in [0, 0.05) is 6.54 Å². The fourth-order valence-electron chi connectivity index (χ4n) is 4.92. The van der Waals surface area contributed by atoms with E-state index in [4.69, 9.17) is 4.74 Å². The third-order valence-corrected chi connectivity index (χ3v) is 6.61. The molecular formula is C27H26N2O4. The van der Waals surface area contributed by atoms with Crippen LogP contribution in [0.15, 0.2) is 72.8 Å². The second kappa shape index (κ2) is 8.70. The molecule has 2 amide bonds. The molecule has 6 heteroatoms. The number of carbonyl (C=O) groups excluding carboxylic acids is 3. The minimum absolute atomic E-state index is 0.0153. The van der Waals surface area contributed by atoms with E-state index >= 15 is 0 Å². The highest BCUT2D eigenvalue weighted by Crippen LogP contribution is 2.34. The van der Waals surface area contributed by atoms with E-state index in [1.165, 1.54) is 0 Å². The number of carbonyl (C=O) groups is 3. The third kappa shape index (κ3) is 4.09. The van der Waals surface area contributed by atoms with Crippen molar-refractivity contribution in [3.63, 3.8) is 0 Å². The van der Waals surface area contributed by atoms with E-state index in [-0.39, 0.29) is 18.6 Å². The molecule has 0 aromatic heterocycles. The number of hydrogen-bond acceptors (Lipinski definition) is 4. The molecule has 3 aromatic carbocycles. The lowest BCUT2D eigenvalue weighted by molar-refractivity contribution is -0.155. The number of nitrogens with zero attached hydrogens (tertiary/aromatic N) is 1. The fraction of sp³-hybridized carbons (Fsp3) is 0.296. The summed E-state index contributed by atoms with van der Waals surface area (Å²) in [5.74, 6) is -1.92. The lowest BCUT2D eigenvalue weighted by Gasteiger charge is -2.43. The van der Waals surface area contributed by atoms with Crippen LogP contribution in [-0.2, 0) is 25.7 Å². The van der Waals surface area contributed by atoms with E-state index in [0.717, 1.165) is 29.3 Å². The van der Waals surface area contributed by atoms with Gasteiger partial charge in [0.1, 0.15) is 12.6 Å². The van der Waals surface area contributed by atoms with Gasteiger partial charge < -0.3 is 15.0 Å². The van der Waals surface area contributed by atoms with Crippen molar-refractivity contribution in [2.24, 2.45) is 5.92 Å². The summed E-state index contributed by atoms with van der Waals surface area (Å²) in [6, 6.07) is 22.1. The summed E-state index contributed by atoms with van der Waals surface area (Å²) in [6.07, 6.45) is 0.860. The van der Waals surface area contributed by atoms with Gasteiger partial charge in [-0.15, -0.1) is 0 Å². The van der Waals surface area contributed by atoms with Crippen molar-refractivity contribution in [2.45, 2.75) is 38.0 Å². The van der Waals surface area contributed by atoms with E-state index in [2.05, 4.69) is 12.2 Å². The molecule has 33 heavy (non-hydrogen) atoms. The standard InChI is InChI=1S/C27H26N2O4/c1-17-13-22-24(26(31)29(22)15-17)28-25(30)23(20-8-3-2-4-9-20)27(32)33-16-18-11-12-19-7-5-6-10-21(19)14-18/h2-12,14,17,22-24H,13,15-16H2,1H3,(H,28,30)/t17?,22-,23?,24?/m1/s1. The Morgan fingerprint density at radius 1 is 1.03 bits per heavy atom. The number of esters is 1. The first-order chi connectivity index (χ1) is 16.0. The number of amides is 2. The first-order valence-corrected chi connectivity index (χ1v) is 11.3. The van der Waals surface area contributed by atoms with Crippen LogP contribution in [0.3, 0.4) is 0 Å². The summed E-state index contributed by atoms with van der Waals surface area (Å²) in [5, 5.41) is 4.99. The monoisotopic (exact) mass is 442 g/mol. The Morgan fingerprint density at radius 3 is 2.55 bits per heavy atom. The second-order valence-electron chi connectivity index (χ2n) is 9.02. The maximum absolute atomic E-state index is 13.2. The van der Waals surface area contributed by atoms with Gasteiger partial charge >= 0.3 is 5.97 Å². The average Bonchev–Trinajstić information content (AvgIpc) is 3.19. The van der Waals surface area contributed by atoms with Gasteiger partial charge in [0.15, 0.2) is 5.92 Å². The zero-order chi connectivity index (χ0) is 22.9. The fourth-order valence-corrected chi connectivity index (χ4v) is 4.92. The summed E-state index contributed by atoms with van der Waals surface area (Å²) in [7, 11) is 0. The summed E-state index contributed by atoms with van der Waals surface area (Å²) < 4.78 is 5.58. The minimum atomic E-state index is -1.13. The van der Waals surface area contributed by atoms with Crippen LogP contribution in [0.1, 0.15) is 30.4 Å². The molecule has 2 fully saturated rings. The molecule has 2 saturated heterocycles. The van der Waals surface area contributed by atoms with Crippen molar-refractivity contribution in [2.75, 3.05) is 6.54 Å². The normalized spacial score (nSPS) is 22.4. The van der Waals surface area contributed by atoms with Crippen LogP contribution >= 0.6 is 0 Å². The number of fused-ring (bicyclic) bond motifs is 2. The third-order valence-electron chi connectivity index (χ3n) is 6.61. The van der Waals surface area contributed by atoms with Crippen molar-refractivity contribution in [3.8, 4) is 0 Å². The predicted molar refractivity (Wildman–Crippen MR) is 124 cm³/mol. The molecule has 0 radical (unpaired) electrons. The molecule has 2 aliphatic heterocycles. The molecule has 0 aliphatic carbocycles. The largest absolute Gasteiger partial charge is 0.460 e. The Kier molecular flexibility index (Phi) is 5.58. The number of β-lactam (4-membered cyclic amide) rings is 1. The molecule has 2 aliphatic rings. The Balaban J connectivity index is 1.31. The number of benzene rings is 3. The highest BCUT2D eigenvalue weighted by atomic mass is 16.5. The number of ether oxygens (including phenoxy) is 1. The van der Waals surface area contributed by atoms with Gasteiger partial charge in [-0.05, 0) is 40.3 Å². The van der Waals surface area contributed by atoms with Crippen molar-refractivity contribution >= 4 is 28.6 Å². The number of hydrogen-bond donors (Lipinski definition) is 1. The minimum Gasteiger partial charge on any atom is -0.460 e. The predicted octanol–water partition coefficient (Wildman–Crippen LogP) is 3.40. The maximum atomic E-state index is 13.2. The van der Waals surface area contributed by atoms with Gasteiger partial charge in [-0.3, -0.25) is 14.4 Å². The molecule has 0 spiro atoms. The Labute approximate surface area is 192 Å². The Morgan fingerprint density at radius 2 is 1.76 bits per heavy atom. The molecule has 3 aromatic rings. The summed E-state index contributed by atoms with van der Waals surface area (Å²) in [5.41, 5.74) is 1.39. The Hall–Kier alpha value is -3.67. The first-order valence-electron chi connectivity index (χ1n) is 11.3. The van der Waals surface area contributed by atoms with Crippen LogP contribution < -0.4 is 5.32 Å². The van der Waals surface area contributed by atoms with E-state index in [1.807, 2.05) is 53.4 Å². The quantitative estimate of drug-likeness (QED) is 0.361. The molecule has 168 valence electrons. The Bertz CT molecular complexity index is 1210. The summed E-state index contributed by atoms with van der Waals surface area (Å²) >= 11 is 0. The van der Waals surface area contributed by atoms with Gasteiger partial charge in [-0.25, -0.2) is 0 Å². The van der Waals surface area contributed by atoms with Crippen molar-refractivity contribution in [3.05, 3.63) is 83.9 Å². The van der Waals surface area contributed by atoms with Gasteiger partial charge in [0.2, 0.25) is 11.8 Å². The molecule has 2 heterocycles. The van der Waals surface area contributed by atoms with Gasteiger partial charge in [0.05, 0.1) is 6.04 Å². The van der Waals surface area contributed by atoms with Crippen LogP contribution in [0.5, 0.6) is 0 Å². The molecule has 4 atom stereocenters. The van der Waals surface area contributed by atoms with Crippen LogP contribution in [0.25, 0.3) is 10.8 Å². The number of rotatable bonds is 6. The summed E-state index contributed by atoms with van der Waals surface area (Å²) in [4.78, 5) is 40.6. The molecule has 6 nitrogen and oxygen atoms in total. The zero-order valence-electron chi connectivity index (χ0n) is 18.4. The van der Waals surface area contributed by atoms with E-state index in [0.29, 0.717) is 11.5 Å². The average molecular weight is 443 g/mol. The van der Waals surface area contributed by atoms with E-state index in [9.17, 15) is 14.4 Å². The first kappa shape index (κ1) is 21.2. The van der Waals surface area contributed by atoms with Gasteiger partial charge in [0.25, 0.3) is 0 Å². The van der Waals surface area contributed by atoms with Crippen molar-refractivity contribution in [1.29, 1.82) is 0 Å². The van der Waals surface area contributed by atoms with Gasteiger partial charge in [-0.1, -0.05) is 73.7 Å². The van der Waals surface area contributed by atoms with E-state index < -0.39 is 23.8 Å². The lowest BCUT2D eigenvalue weighted by atomic mass is 9.92. The maximum Gasteiger partial charge on any atom is 0.323 e. The van der Waals surface area contributed by atoms with Crippen LogP contribution in [0.4, 0.5) is 0 Å². The highest BCUT2D eigenvalue weighted by Gasteiger charge is 2.52. The number of nitrogens with one attached hydrogen (secondary N) is 1. The van der Waals surface area contributed by atoms with E-state index in [1.54, 1.807) is 24.3 Å². The van der Waals surface area contributed by atoms with Crippen LogP contribution in [0, 0.1) is 5.92 Å². The topological polar surface area (TPSA) is 75.7 Å². The van der Waals surface area contributed by atoms with Crippen LogP contribution in [0.2, 0.25) is 0 Å². The summed E-state index contributed by atoms with van der Waals surface area (Å²) in [6.45, 7) is 2.89. The molecular weight excluding hydrogens is 416 g/mol. The SMILES string of the molecule is CC1C[C@@H]2C(NC(=O)C(C(=O)OCc3ccc4ccccc4c3)c3ccccc3)C(=O)N2C1. The van der Waals surface area contributed by atoms with Crippen LogP contribution in [-0.4, -0.2) is 41.3 Å². The molecule has 1 N–H and O–H groups in total. The molecule has 5 rings (SSSR count). The molecule has 0 bridgehead atoms. The smallest absolute Gasteiger partial charge is 0.323 e. The lowest BCUT2D eigenvalue weighted by Crippen LogP contribution is -2.68. The molecule has 3 unspecified atom stereocenters. The second-order valence-corrected chi connectivity index (χ2v) is 9.02. The zero-order valence-corrected chi connectivity index (χ0v) is 18.4. The van der Waals surface area contributed by atoms with Crippen molar-refractivity contribution < 1.29 is 19.1 Å². The molecule has 0 saturated carbocycles. The highest BCUT2D eigenvalue weighted by molar-refractivity contribution is 6.05.